The monoisotopic (exact) mass is 251 g/mol. The molecule has 0 aromatic heterocycles. The summed E-state index contributed by atoms with van der Waals surface area (Å²) in [6.45, 7) is 3.47. The molecule has 0 spiro atoms. The molecule has 3 nitrogen and oxygen atoms in total. The zero-order valence-corrected chi connectivity index (χ0v) is 11.5. The first-order valence-electron chi connectivity index (χ1n) is 6.76. The summed E-state index contributed by atoms with van der Waals surface area (Å²) in [5, 5.41) is 12.2. The Balaban J connectivity index is 2.29. The molecule has 18 heavy (non-hydrogen) atoms. The van der Waals surface area contributed by atoms with Gasteiger partial charge < -0.3 is 15.2 Å². The molecule has 0 saturated carbocycles. The summed E-state index contributed by atoms with van der Waals surface area (Å²) in [6.07, 6.45) is 4.36. The van der Waals surface area contributed by atoms with Crippen LogP contribution in [0.15, 0.2) is 24.3 Å². The van der Waals surface area contributed by atoms with Crippen molar-refractivity contribution in [1.82, 2.24) is 5.32 Å². The molecule has 1 unspecified atom stereocenters. The van der Waals surface area contributed by atoms with Crippen molar-refractivity contribution >= 4 is 0 Å². The Morgan fingerprint density at radius 1 is 1.17 bits per heavy atom. The lowest BCUT2D eigenvalue weighted by Crippen LogP contribution is -2.20. The molecule has 0 aliphatic carbocycles. The van der Waals surface area contributed by atoms with Crippen LogP contribution in [0, 0.1) is 0 Å². The average molecular weight is 251 g/mol. The van der Waals surface area contributed by atoms with E-state index in [9.17, 15) is 0 Å². The normalized spacial score (nSPS) is 12.4. The van der Waals surface area contributed by atoms with Gasteiger partial charge in [-0.3, -0.25) is 0 Å². The van der Waals surface area contributed by atoms with Crippen molar-refractivity contribution in [2.45, 2.75) is 38.6 Å². The van der Waals surface area contributed by atoms with E-state index in [0.717, 1.165) is 31.6 Å². The number of nitrogens with one attached hydrogen (secondary N) is 1. The number of unbranched alkanes of at least 4 members (excludes halogenated alkanes) is 3. The minimum Gasteiger partial charge on any atom is -0.496 e. The van der Waals surface area contributed by atoms with Crippen LogP contribution < -0.4 is 10.1 Å². The number of aliphatic hydroxyl groups is 1. The van der Waals surface area contributed by atoms with Crippen molar-refractivity contribution in [2.75, 3.05) is 20.3 Å². The number of ether oxygens (including phenoxy) is 1. The van der Waals surface area contributed by atoms with Gasteiger partial charge in [-0.15, -0.1) is 0 Å². The highest BCUT2D eigenvalue weighted by Crippen LogP contribution is 2.24. The van der Waals surface area contributed by atoms with E-state index in [2.05, 4.69) is 18.3 Å². The first-order chi connectivity index (χ1) is 8.79. The molecule has 1 aromatic carbocycles. The lowest BCUT2D eigenvalue weighted by atomic mass is 10.1. The van der Waals surface area contributed by atoms with Crippen LogP contribution in [0.2, 0.25) is 0 Å². The fourth-order valence-corrected chi connectivity index (χ4v) is 2.04. The zero-order valence-electron chi connectivity index (χ0n) is 11.5. The van der Waals surface area contributed by atoms with Gasteiger partial charge in [0, 0.05) is 18.2 Å². The second-order valence-electron chi connectivity index (χ2n) is 4.56. The fraction of sp³-hybridized carbons (Fsp3) is 0.600. The van der Waals surface area contributed by atoms with Crippen molar-refractivity contribution in [3.05, 3.63) is 29.8 Å². The van der Waals surface area contributed by atoms with Gasteiger partial charge in [-0.25, -0.2) is 0 Å². The van der Waals surface area contributed by atoms with E-state index >= 15 is 0 Å². The summed E-state index contributed by atoms with van der Waals surface area (Å²) in [6, 6.07) is 8.43. The van der Waals surface area contributed by atoms with Crippen LogP contribution in [0.25, 0.3) is 0 Å². The number of aliphatic hydroxyl groups excluding tert-OH is 1. The maximum absolute atomic E-state index is 8.69. The molecule has 0 amide bonds. The molecule has 0 heterocycles. The summed E-state index contributed by atoms with van der Waals surface area (Å²) in [5.74, 6) is 0.942. The molecule has 3 heteroatoms. The predicted octanol–water partition coefficient (Wildman–Crippen LogP) is 2.90. The zero-order chi connectivity index (χ0) is 13.2. The van der Waals surface area contributed by atoms with Gasteiger partial charge in [0.2, 0.25) is 0 Å². The number of rotatable bonds is 9. The average Bonchev–Trinajstić information content (AvgIpc) is 2.42. The van der Waals surface area contributed by atoms with Crippen molar-refractivity contribution in [3.63, 3.8) is 0 Å². The van der Waals surface area contributed by atoms with E-state index in [4.69, 9.17) is 9.84 Å². The highest BCUT2D eigenvalue weighted by atomic mass is 16.5. The summed E-state index contributed by atoms with van der Waals surface area (Å²) in [7, 11) is 1.71. The third-order valence-corrected chi connectivity index (χ3v) is 3.14. The van der Waals surface area contributed by atoms with Gasteiger partial charge in [0.25, 0.3) is 0 Å². The van der Waals surface area contributed by atoms with Gasteiger partial charge in [0.1, 0.15) is 5.75 Å². The van der Waals surface area contributed by atoms with E-state index < -0.39 is 0 Å². The number of benzene rings is 1. The third kappa shape index (κ3) is 5.07. The Labute approximate surface area is 110 Å². The maximum Gasteiger partial charge on any atom is 0.123 e. The summed E-state index contributed by atoms with van der Waals surface area (Å²) in [4.78, 5) is 0. The number of para-hydroxylation sites is 1. The van der Waals surface area contributed by atoms with Gasteiger partial charge in [-0.1, -0.05) is 31.0 Å². The first kappa shape index (κ1) is 15.0. The van der Waals surface area contributed by atoms with Gasteiger partial charge in [-0.05, 0) is 32.4 Å². The second-order valence-corrected chi connectivity index (χ2v) is 4.56. The highest BCUT2D eigenvalue weighted by Gasteiger charge is 2.09. The van der Waals surface area contributed by atoms with Crippen molar-refractivity contribution < 1.29 is 9.84 Å². The number of hydrogen-bond donors (Lipinski definition) is 2. The van der Waals surface area contributed by atoms with Crippen LogP contribution in [-0.2, 0) is 0 Å². The molecule has 1 rings (SSSR count). The van der Waals surface area contributed by atoms with Crippen LogP contribution >= 0.6 is 0 Å². The quantitative estimate of drug-likeness (QED) is 0.663. The molecule has 0 aliphatic heterocycles. The Morgan fingerprint density at radius 3 is 2.61 bits per heavy atom. The Bertz CT molecular complexity index is 328. The van der Waals surface area contributed by atoms with Crippen LogP contribution in [0.1, 0.15) is 44.2 Å². The van der Waals surface area contributed by atoms with E-state index in [0.29, 0.717) is 12.6 Å². The standard InChI is InChI=1S/C15H25NO2/c1-13(16-11-7-3-4-8-12-17)14-9-5-6-10-15(14)18-2/h5-6,9-10,13,16-17H,3-4,7-8,11-12H2,1-2H3. The SMILES string of the molecule is COc1ccccc1C(C)NCCCCCCO. The Hall–Kier alpha value is -1.06. The maximum atomic E-state index is 8.69. The minimum absolute atomic E-state index is 0.305. The van der Waals surface area contributed by atoms with Crippen molar-refractivity contribution in [2.24, 2.45) is 0 Å². The molecule has 0 bridgehead atoms. The molecule has 0 saturated heterocycles. The van der Waals surface area contributed by atoms with Crippen molar-refractivity contribution in [1.29, 1.82) is 0 Å². The molecule has 102 valence electrons. The topological polar surface area (TPSA) is 41.5 Å². The molecule has 1 atom stereocenters. The predicted molar refractivity (Wildman–Crippen MR) is 75.0 cm³/mol. The molecular formula is C15H25NO2. The third-order valence-electron chi connectivity index (χ3n) is 3.14. The minimum atomic E-state index is 0.305. The number of methoxy groups -OCH3 is 1. The Morgan fingerprint density at radius 2 is 1.89 bits per heavy atom. The van der Waals surface area contributed by atoms with Gasteiger partial charge in [0.05, 0.1) is 7.11 Å². The van der Waals surface area contributed by atoms with Crippen LogP contribution in [0.5, 0.6) is 5.75 Å². The number of hydrogen-bond acceptors (Lipinski definition) is 3. The Kier molecular flexibility index (Phi) is 7.46. The summed E-state index contributed by atoms with van der Waals surface area (Å²) in [5.41, 5.74) is 1.20. The van der Waals surface area contributed by atoms with Gasteiger partial charge in [-0.2, -0.15) is 0 Å². The summed E-state index contributed by atoms with van der Waals surface area (Å²) < 4.78 is 5.36. The van der Waals surface area contributed by atoms with Crippen LogP contribution in [0.3, 0.4) is 0 Å². The molecular weight excluding hydrogens is 226 g/mol. The van der Waals surface area contributed by atoms with Gasteiger partial charge in [0.15, 0.2) is 0 Å². The first-order valence-corrected chi connectivity index (χ1v) is 6.76. The highest BCUT2D eigenvalue weighted by molar-refractivity contribution is 5.35. The smallest absolute Gasteiger partial charge is 0.123 e. The molecule has 0 radical (unpaired) electrons. The molecule has 1 aromatic rings. The van der Waals surface area contributed by atoms with Crippen LogP contribution in [0.4, 0.5) is 0 Å². The van der Waals surface area contributed by atoms with Crippen LogP contribution in [-0.4, -0.2) is 25.4 Å². The molecule has 0 aliphatic rings. The largest absolute Gasteiger partial charge is 0.496 e. The van der Waals surface area contributed by atoms with Crippen molar-refractivity contribution in [3.8, 4) is 5.75 Å². The molecule has 0 fully saturated rings. The van der Waals surface area contributed by atoms with Gasteiger partial charge >= 0.3 is 0 Å². The fourth-order valence-electron chi connectivity index (χ4n) is 2.04. The lowest BCUT2D eigenvalue weighted by molar-refractivity contribution is 0.282. The second kappa shape index (κ2) is 8.95. The molecule has 2 N–H and O–H groups in total. The van der Waals surface area contributed by atoms with E-state index in [1.165, 1.54) is 12.0 Å². The lowest BCUT2D eigenvalue weighted by Gasteiger charge is -2.17. The van der Waals surface area contributed by atoms with E-state index in [1.54, 1.807) is 7.11 Å². The van der Waals surface area contributed by atoms with E-state index in [1.807, 2.05) is 18.2 Å². The van der Waals surface area contributed by atoms with E-state index in [-0.39, 0.29) is 0 Å². The summed E-state index contributed by atoms with van der Waals surface area (Å²) >= 11 is 0.